The van der Waals surface area contributed by atoms with Crippen molar-refractivity contribution < 1.29 is 22.7 Å². The molecule has 0 heterocycles. The Morgan fingerprint density at radius 1 is 1.40 bits per heavy atom. The number of hydrogen-bond acceptors (Lipinski definition) is 3. The van der Waals surface area contributed by atoms with Crippen LogP contribution in [-0.2, 0) is 9.53 Å². The molecule has 0 spiro atoms. The first-order valence-electron chi connectivity index (χ1n) is 4.89. The summed E-state index contributed by atoms with van der Waals surface area (Å²) in [5, 5.41) is 2.37. The molecule has 1 N–H and O–H groups in total. The first-order chi connectivity index (χ1) is 6.95. The summed E-state index contributed by atoms with van der Waals surface area (Å²) < 4.78 is 39.7. The van der Waals surface area contributed by atoms with Crippen LogP contribution in [0.4, 0.5) is 13.2 Å². The maximum absolute atomic E-state index is 11.7. The summed E-state index contributed by atoms with van der Waals surface area (Å²) in [6.07, 6.45) is -3.43. The average Bonchev–Trinajstić information content (AvgIpc) is 2.11. The number of esters is 1. The Labute approximate surface area is 87.0 Å². The Bertz CT molecular complexity index is 183. The van der Waals surface area contributed by atoms with Crippen molar-refractivity contribution in [2.75, 3.05) is 19.7 Å². The molecule has 0 radical (unpaired) electrons. The van der Waals surface area contributed by atoms with E-state index in [0.717, 1.165) is 12.8 Å². The first-order valence-corrected chi connectivity index (χ1v) is 4.89. The topological polar surface area (TPSA) is 38.3 Å². The third-order valence-corrected chi connectivity index (χ3v) is 1.62. The lowest BCUT2D eigenvalue weighted by molar-refractivity contribution is -0.144. The van der Waals surface area contributed by atoms with Crippen LogP contribution in [0.2, 0.25) is 0 Å². The Balaban J connectivity index is 3.32. The predicted octanol–water partition coefficient (Wildman–Crippen LogP) is 1.87. The van der Waals surface area contributed by atoms with E-state index in [1.54, 1.807) is 0 Å². The summed E-state index contributed by atoms with van der Waals surface area (Å²) in [4.78, 5) is 10.9. The van der Waals surface area contributed by atoms with Crippen molar-refractivity contribution in [3.05, 3.63) is 0 Å². The zero-order valence-electron chi connectivity index (χ0n) is 8.69. The molecule has 0 saturated carbocycles. The van der Waals surface area contributed by atoms with E-state index in [0.29, 0.717) is 6.61 Å². The van der Waals surface area contributed by atoms with Crippen LogP contribution < -0.4 is 5.32 Å². The zero-order valence-corrected chi connectivity index (χ0v) is 8.69. The Kier molecular flexibility index (Phi) is 7.11. The molecule has 0 bridgehead atoms. The maximum atomic E-state index is 11.7. The molecule has 0 aromatic carbocycles. The van der Waals surface area contributed by atoms with Gasteiger partial charge in [-0.05, 0) is 6.42 Å². The van der Waals surface area contributed by atoms with Crippen molar-refractivity contribution in [2.45, 2.75) is 32.4 Å². The van der Waals surface area contributed by atoms with Crippen molar-refractivity contribution in [2.24, 2.45) is 0 Å². The van der Waals surface area contributed by atoms with E-state index in [2.05, 4.69) is 5.32 Å². The molecule has 0 aromatic heterocycles. The molecular formula is C9H16F3NO2. The number of rotatable bonds is 7. The monoisotopic (exact) mass is 227 g/mol. The lowest BCUT2D eigenvalue weighted by atomic mass is 10.4. The standard InChI is InChI=1S/C9H16F3NO2/c1-2-3-6-15-8(14)7-13-5-4-9(10,11)12/h13H,2-7H2,1H3. The van der Waals surface area contributed by atoms with Crippen LogP contribution in [0, 0.1) is 0 Å². The molecule has 0 amide bonds. The van der Waals surface area contributed by atoms with Gasteiger partial charge in [0.05, 0.1) is 19.6 Å². The Morgan fingerprint density at radius 2 is 2.07 bits per heavy atom. The SMILES string of the molecule is CCCCOC(=O)CNCCC(F)(F)F. The van der Waals surface area contributed by atoms with Crippen LogP contribution in [-0.4, -0.2) is 31.8 Å². The van der Waals surface area contributed by atoms with Gasteiger partial charge in [-0.3, -0.25) is 4.79 Å². The van der Waals surface area contributed by atoms with Gasteiger partial charge >= 0.3 is 12.1 Å². The van der Waals surface area contributed by atoms with E-state index < -0.39 is 18.6 Å². The average molecular weight is 227 g/mol. The Hall–Kier alpha value is -0.780. The Morgan fingerprint density at radius 3 is 2.60 bits per heavy atom. The lowest BCUT2D eigenvalue weighted by Gasteiger charge is -2.07. The molecule has 0 saturated heterocycles. The third-order valence-electron chi connectivity index (χ3n) is 1.62. The van der Waals surface area contributed by atoms with Crippen LogP contribution >= 0.6 is 0 Å². The minimum absolute atomic E-state index is 0.167. The number of carbonyl (C=O) groups is 1. The third kappa shape index (κ3) is 11.1. The van der Waals surface area contributed by atoms with Gasteiger partial charge in [-0.15, -0.1) is 0 Å². The van der Waals surface area contributed by atoms with Gasteiger partial charge in [0, 0.05) is 6.54 Å². The van der Waals surface area contributed by atoms with E-state index in [-0.39, 0.29) is 13.1 Å². The van der Waals surface area contributed by atoms with Crippen molar-refractivity contribution >= 4 is 5.97 Å². The molecule has 6 heteroatoms. The van der Waals surface area contributed by atoms with Crippen LogP contribution in [0.15, 0.2) is 0 Å². The van der Waals surface area contributed by atoms with Crippen LogP contribution in [0.3, 0.4) is 0 Å². The van der Waals surface area contributed by atoms with Crippen LogP contribution in [0.1, 0.15) is 26.2 Å². The summed E-state index contributed by atoms with van der Waals surface area (Å²) >= 11 is 0. The molecule has 0 aromatic rings. The molecule has 3 nitrogen and oxygen atoms in total. The second-order valence-electron chi connectivity index (χ2n) is 3.12. The van der Waals surface area contributed by atoms with Gasteiger partial charge in [-0.25, -0.2) is 0 Å². The van der Waals surface area contributed by atoms with Gasteiger partial charge < -0.3 is 10.1 Å². The fourth-order valence-electron chi connectivity index (χ4n) is 0.802. The highest BCUT2D eigenvalue weighted by atomic mass is 19.4. The largest absolute Gasteiger partial charge is 0.465 e. The van der Waals surface area contributed by atoms with Crippen molar-refractivity contribution in [1.82, 2.24) is 5.32 Å². The smallest absolute Gasteiger partial charge is 0.390 e. The van der Waals surface area contributed by atoms with Gasteiger partial charge in [-0.1, -0.05) is 13.3 Å². The summed E-state index contributed by atoms with van der Waals surface area (Å²) in [5.41, 5.74) is 0. The fourth-order valence-corrected chi connectivity index (χ4v) is 0.802. The van der Waals surface area contributed by atoms with Crippen molar-refractivity contribution in [3.8, 4) is 0 Å². The predicted molar refractivity (Wildman–Crippen MR) is 49.4 cm³/mol. The number of nitrogens with one attached hydrogen (secondary N) is 1. The summed E-state index contributed by atoms with van der Waals surface area (Å²) in [5.74, 6) is -0.509. The van der Waals surface area contributed by atoms with E-state index in [1.165, 1.54) is 0 Å². The second-order valence-corrected chi connectivity index (χ2v) is 3.12. The highest BCUT2D eigenvalue weighted by molar-refractivity contribution is 5.71. The number of ether oxygens (including phenoxy) is 1. The van der Waals surface area contributed by atoms with Gasteiger partial charge in [0.25, 0.3) is 0 Å². The second kappa shape index (κ2) is 7.50. The fraction of sp³-hybridized carbons (Fsp3) is 0.889. The van der Waals surface area contributed by atoms with E-state index in [1.807, 2.05) is 6.92 Å². The molecule has 0 rings (SSSR count). The van der Waals surface area contributed by atoms with E-state index in [9.17, 15) is 18.0 Å². The maximum Gasteiger partial charge on any atom is 0.390 e. The minimum atomic E-state index is -4.18. The van der Waals surface area contributed by atoms with E-state index in [4.69, 9.17) is 4.74 Å². The number of unbranched alkanes of at least 4 members (excludes halogenated alkanes) is 1. The minimum Gasteiger partial charge on any atom is -0.465 e. The first kappa shape index (κ1) is 14.2. The summed E-state index contributed by atoms with van der Waals surface area (Å²) in [6.45, 7) is 1.86. The highest BCUT2D eigenvalue weighted by Gasteiger charge is 2.26. The molecule has 0 aliphatic rings. The van der Waals surface area contributed by atoms with Crippen molar-refractivity contribution in [3.63, 3.8) is 0 Å². The molecule has 0 atom stereocenters. The van der Waals surface area contributed by atoms with Crippen LogP contribution in [0.25, 0.3) is 0 Å². The van der Waals surface area contributed by atoms with E-state index >= 15 is 0 Å². The molecule has 90 valence electrons. The van der Waals surface area contributed by atoms with Gasteiger partial charge in [-0.2, -0.15) is 13.2 Å². The van der Waals surface area contributed by atoms with Crippen molar-refractivity contribution in [1.29, 1.82) is 0 Å². The van der Waals surface area contributed by atoms with Gasteiger partial charge in [0.2, 0.25) is 0 Å². The quantitative estimate of drug-likeness (QED) is 0.533. The molecule has 0 fully saturated rings. The number of carbonyl (C=O) groups excluding carboxylic acids is 1. The summed E-state index contributed by atoms with van der Waals surface area (Å²) in [7, 11) is 0. The number of alkyl halides is 3. The zero-order chi connectivity index (χ0) is 11.7. The number of hydrogen-bond donors (Lipinski definition) is 1. The molecule has 0 aliphatic carbocycles. The molecule has 0 aliphatic heterocycles. The normalized spacial score (nSPS) is 11.5. The lowest BCUT2D eigenvalue weighted by Crippen LogP contribution is -2.28. The molecule has 15 heavy (non-hydrogen) atoms. The number of halogens is 3. The van der Waals surface area contributed by atoms with Crippen LogP contribution in [0.5, 0.6) is 0 Å². The molecular weight excluding hydrogens is 211 g/mol. The van der Waals surface area contributed by atoms with Gasteiger partial charge in [0.15, 0.2) is 0 Å². The van der Waals surface area contributed by atoms with Gasteiger partial charge in [0.1, 0.15) is 0 Å². The molecule has 0 unspecified atom stereocenters. The summed E-state index contributed by atoms with van der Waals surface area (Å²) in [6, 6.07) is 0. The highest BCUT2D eigenvalue weighted by Crippen LogP contribution is 2.17.